The van der Waals surface area contributed by atoms with Crippen molar-refractivity contribution in [1.82, 2.24) is 9.55 Å². The Hall–Kier alpha value is -1.28. The molecular weight excluding hydrogens is 381 g/mol. The lowest BCUT2D eigenvalue weighted by molar-refractivity contribution is 0.578. The van der Waals surface area contributed by atoms with E-state index in [-0.39, 0.29) is 5.69 Å². The van der Waals surface area contributed by atoms with Crippen LogP contribution in [0, 0.1) is 20.0 Å². The molecule has 0 amide bonds. The second-order valence-corrected chi connectivity index (χ2v) is 5.66. The van der Waals surface area contributed by atoms with Gasteiger partial charge in [-0.3, -0.25) is 4.57 Å². The quantitative estimate of drug-likeness (QED) is 0.479. The second-order valence-electron chi connectivity index (χ2n) is 4.02. The van der Waals surface area contributed by atoms with Crippen LogP contribution in [-0.4, -0.2) is 9.55 Å². The van der Waals surface area contributed by atoms with Gasteiger partial charge in [-0.05, 0) is 65.1 Å². The number of fused-ring (bicyclic) bond motifs is 1. The minimum absolute atomic E-state index is 0.235. The first-order valence-corrected chi connectivity index (χ1v) is 6.90. The summed E-state index contributed by atoms with van der Waals surface area (Å²) in [4.78, 5) is 3.02. The highest BCUT2D eigenvalue weighted by atomic mass is 127. The molecule has 0 aliphatic carbocycles. The van der Waals surface area contributed by atoms with Crippen molar-refractivity contribution in [2.24, 2.45) is 0 Å². The van der Waals surface area contributed by atoms with Crippen LogP contribution in [0.2, 0.25) is 0 Å². The average Bonchev–Trinajstić information content (AvgIpc) is 2.65. The molecule has 96 valence electrons. The highest BCUT2D eigenvalue weighted by Gasteiger charge is 2.11. The fourth-order valence-corrected chi connectivity index (χ4v) is 2.78. The van der Waals surface area contributed by atoms with Gasteiger partial charge in [-0.1, -0.05) is 0 Å². The van der Waals surface area contributed by atoms with Crippen LogP contribution < -0.4 is 0 Å². The number of nitrogens with one attached hydrogen (secondary N) is 1. The number of aromatic amines is 1. The average molecular weight is 388 g/mol. The number of imidazole rings is 1. The Bertz CT molecular complexity index is 838. The summed E-state index contributed by atoms with van der Waals surface area (Å²) in [6.07, 6.45) is 0. The van der Waals surface area contributed by atoms with Crippen LogP contribution in [0.3, 0.4) is 0 Å². The van der Waals surface area contributed by atoms with Crippen LogP contribution in [0.4, 0.5) is 8.78 Å². The standard InChI is InChI=1S/C13H7F2IN2S/c14-7-1-3-11(9(15)5-7)18-12-4-2-8(16)6-10(12)17-13(18)19/h1-6H,(H,17,19). The van der Waals surface area contributed by atoms with Gasteiger partial charge in [0, 0.05) is 9.64 Å². The SMILES string of the molecule is Fc1ccc(-n2c(=S)[nH]c3cc(I)ccc32)c(F)c1. The van der Waals surface area contributed by atoms with Crippen molar-refractivity contribution in [3.63, 3.8) is 0 Å². The largest absolute Gasteiger partial charge is 0.330 e. The summed E-state index contributed by atoms with van der Waals surface area (Å²) in [6, 6.07) is 9.12. The second kappa shape index (κ2) is 4.68. The van der Waals surface area contributed by atoms with E-state index in [1.54, 1.807) is 4.57 Å². The summed E-state index contributed by atoms with van der Waals surface area (Å²) in [7, 11) is 0. The van der Waals surface area contributed by atoms with Crippen molar-refractivity contribution in [3.8, 4) is 5.69 Å². The zero-order chi connectivity index (χ0) is 13.6. The third-order valence-corrected chi connectivity index (χ3v) is 3.75. The maximum absolute atomic E-state index is 13.9. The third-order valence-electron chi connectivity index (χ3n) is 2.79. The summed E-state index contributed by atoms with van der Waals surface area (Å²) in [5.41, 5.74) is 1.82. The molecule has 1 N–H and O–H groups in total. The maximum Gasteiger partial charge on any atom is 0.182 e. The van der Waals surface area contributed by atoms with E-state index >= 15 is 0 Å². The van der Waals surface area contributed by atoms with Crippen molar-refractivity contribution in [1.29, 1.82) is 0 Å². The smallest absolute Gasteiger partial charge is 0.182 e. The van der Waals surface area contributed by atoms with Crippen LogP contribution in [0.25, 0.3) is 16.7 Å². The zero-order valence-electron chi connectivity index (χ0n) is 9.45. The van der Waals surface area contributed by atoms with E-state index in [0.717, 1.165) is 20.7 Å². The van der Waals surface area contributed by atoms with E-state index in [2.05, 4.69) is 27.6 Å². The number of halogens is 3. The van der Waals surface area contributed by atoms with E-state index in [4.69, 9.17) is 12.2 Å². The topological polar surface area (TPSA) is 20.7 Å². The van der Waals surface area contributed by atoms with Crippen molar-refractivity contribution >= 4 is 45.8 Å². The number of hydrogen-bond acceptors (Lipinski definition) is 1. The molecule has 0 radical (unpaired) electrons. The molecule has 3 aromatic rings. The number of rotatable bonds is 1. The minimum atomic E-state index is -0.643. The zero-order valence-corrected chi connectivity index (χ0v) is 12.4. The predicted octanol–water partition coefficient (Wildman–Crippen LogP) is 4.57. The molecule has 6 heteroatoms. The molecule has 1 aromatic heterocycles. The van der Waals surface area contributed by atoms with Gasteiger partial charge < -0.3 is 4.98 Å². The summed E-state index contributed by atoms with van der Waals surface area (Å²) < 4.78 is 29.8. The first-order valence-electron chi connectivity index (χ1n) is 5.42. The van der Waals surface area contributed by atoms with E-state index in [1.807, 2.05) is 18.2 Å². The molecule has 19 heavy (non-hydrogen) atoms. The van der Waals surface area contributed by atoms with Gasteiger partial charge in [0.15, 0.2) is 4.77 Å². The summed E-state index contributed by atoms with van der Waals surface area (Å²) in [6.45, 7) is 0. The molecule has 3 rings (SSSR count). The number of nitrogens with zero attached hydrogens (tertiary/aromatic N) is 1. The van der Waals surface area contributed by atoms with Gasteiger partial charge in [-0.2, -0.15) is 0 Å². The normalized spacial score (nSPS) is 11.1. The maximum atomic E-state index is 13.9. The van der Waals surface area contributed by atoms with Crippen LogP contribution >= 0.6 is 34.8 Å². The number of hydrogen-bond donors (Lipinski definition) is 1. The lowest BCUT2D eigenvalue weighted by Crippen LogP contribution is -1.98. The Morgan fingerprint density at radius 2 is 1.89 bits per heavy atom. The van der Waals surface area contributed by atoms with Crippen molar-refractivity contribution < 1.29 is 8.78 Å². The van der Waals surface area contributed by atoms with Crippen molar-refractivity contribution in [3.05, 3.63) is 56.4 Å². The Morgan fingerprint density at radius 3 is 2.63 bits per heavy atom. The van der Waals surface area contributed by atoms with Gasteiger partial charge in [-0.15, -0.1) is 0 Å². The lowest BCUT2D eigenvalue weighted by Gasteiger charge is -2.06. The molecule has 0 aliphatic heterocycles. The van der Waals surface area contributed by atoms with E-state index in [1.165, 1.54) is 12.1 Å². The third kappa shape index (κ3) is 2.18. The van der Waals surface area contributed by atoms with Crippen LogP contribution in [0.15, 0.2) is 36.4 Å². The molecule has 0 fully saturated rings. The molecule has 0 bridgehead atoms. The fraction of sp³-hybridized carbons (Fsp3) is 0. The van der Waals surface area contributed by atoms with Crippen molar-refractivity contribution in [2.75, 3.05) is 0 Å². The molecule has 0 spiro atoms. The van der Waals surface area contributed by atoms with Gasteiger partial charge in [0.05, 0.1) is 16.7 Å². The van der Waals surface area contributed by atoms with Gasteiger partial charge in [0.1, 0.15) is 11.6 Å². The predicted molar refractivity (Wildman–Crippen MR) is 81.1 cm³/mol. The molecular formula is C13H7F2IN2S. The molecule has 0 aliphatic rings. The fourth-order valence-electron chi connectivity index (χ4n) is 1.99. The molecule has 0 atom stereocenters. The minimum Gasteiger partial charge on any atom is -0.330 e. The Kier molecular flexibility index (Phi) is 3.14. The van der Waals surface area contributed by atoms with Crippen LogP contribution in [0.5, 0.6) is 0 Å². The Morgan fingerprint density at radius 1 is 1.11 bits per heavy atom. The lowest BCUT2D eigenvalue weighted by atomic mass is 10.2. The number of H-pyrrole nitrogens is 1. The van der Waals surface area contributed by atoms with Gasteiger partial charge >= 0.3 is 0 Å². The summed E-state index contributed by atoms with van der Waals surface area (Å²) >= 11 is 7.40. The summed E-state index contributed by atoms with van der Waals surface area (Å²) in [5, 5.41) is 0. The van der Waals surface area contributed by atoms with Gasteiger partial charge in [0.25, 0.3) is 0 Å². The van der Waals surface area contributed by atoms with E-state index in [0.29, 0.717) is 4.77 Å². The van der Waals surface area contributed by atoms with Crippen LogP contribution in [-0.2, 0) is 0 Å². The number of benzene rings is 2. The molecule has 0 saturated carbocycles. The molecule has 0 unspecified atom stereocenters. The Labute approximate surface area is 126 Å². The molecule has 2 aromatic carbocycles. The van der Waals surface area contributed by atoms with Crippen molar-refractivity contribution in [2.45, 2.75) is 0 Å². The Balaban J connectivity index is 2.36. The molecule has 1 heterocycles. The molecule has 2 nitrogen and oxygen atoms in total. The highest BCUT2D eigenvalue weighted by molar-refractivity contribution is 14.1. The monoisotopic (exact) mass is 388 g/mol. The van der Waals surface area contributed by atoms with E-state index in [9.17, 15) is 8.78 Å². The highest BCUT2D eigenvalue weighted by Crippen LogP contribution is 2.23. The first-order chi connectivity index (χ1) is 9.06. The summed E-state index contributed by atoms with van der Waals surface area (Å²) in [5.74, 6) is -1.25. The van der Waals surface area contributed by atoms with E-state index < -0.39 is 11.6 Å². The van der Waals surface area contributed by atoms with Gasteiger partial charge in [-0.25, -0.2) is 8.78 Å². The number of aromatic nitrogens is 2. The molecule has 0 saturated heterocycles. The van der Waals surface area contributed by atoms with Gasteiger partial charge in [0.2, 0.25) is 0 Å². The first kappa shape index (κ1) is 12.7. The van der Waals surface area contributed by atoms with Crippen LogP contribution in [0.1, 0.15) is 0 Å².